The van der Waals surface area contributed by atoms with E-state index in [0.717, 1.165) is 30.2 Å². The predicted octanol–water partition coefficient (Wildman–Crippen LogP) is 1.27. The first kappa shape index (κ1) is 15.4. The Morgan fingerprint density at radius 2 is 2.00 bits per heavy atom. The van der Waals surface area contributed by atoms with Crippen LogP contribution in [0.4, 0.5) is 0 Å². The molecule has 20 heavy (non-hydrogen) atoms. The number of thioether (sulfide) groups is 1. The lowest BCUT2D eigenvalue weighted by molar-refractivity contribution is -0.126. The van der Waals surface area contributed by atoms with Crippen molar-refractivity contribution in [1.82, 2.24) is 10.2 Å². The molecule has 1 amide bonds. The molecule has 1 heterocycles. The number of nitrogens with one attached hydrogen (secondary N) is 1. The lowest BCUT2D eigenvalue weighted by atomic mass is 10.1. The molecule has 2 atom stereocenters. The summed E-state index contributed by atoms with van der Waals surface area (Å²) >= 11 is 1.93. The van der Waals surface area contributed by atoms with Crippen LogP contribution in [0.5, 0.6) is 0 Å². The number of aliphatic hydroxyl groups is 1. The third kappa shape index (κ3) is 3.98. The number of benzene rings is 1. The van der Waals surface area contributed by atoms with Gasteiger partial charge in [-0.05, 0) is 12.5 Å². The lowest BCUT2D eigenvalue weighted by Crippen LogP contribution is -2.49. The largest absolute Gasteiger partial charge is 0.394 e. The molecular formula is C15H22N2O2S. The molecule has 1 aromatic carbocycles. The molecule has 5 heteroatoms. The average Bonchev–Trinajstić information content (AvgIpc) is 2.53. The maximum Gasteiger partial charge on any atom is 0.237 e. The fourth-order valence-corrected chi connectivity index (χ4v) is 3.27. The molecule has 2 rings (SSSR count). The molecule has 0 radical (unpaired) electrons. The fourth-order valence-electron chi connectivity index (χ4n) is 2.34. The average molecular weight is 294 g/mol. The highest BCUT2D eigenvalue weighted by Crippen LogP contribution is 2.15. The minimum atomic E-state index is -0.328. The Kier molecular flexibility index (Phi) is 5.88. The summed E-state index contributed by atoms with van der Waals surface area (Å²) in [4.78, 5) is 14.5. The Labute approximate surface area is 124 Å². The van der Waals surface area contributed by atoms with Crippen LogP contribution in [0, 0.1) is 0 Å². The zero-order valence-corrected chi connectivity index (χ0v) is 12.6. The summed E-state index contributed by atoms with van der Waals surface area (Å²) in [5.41, 5.74) is 0.935. The molecule has 110 valence electrons. The van der Waals surface area contributed by atoms with Crippen molar-refractivity contribution in [1.29, 1.82) is 0 Å². The van der Waals surface area contributed by atoms with Crippen molar-refractivity contribution in [2.24, 2.45) is 0 Å². The number of amides is 1. The van der Waals surface area contributed by atoms with E-state index in [1.54, 1.807) is 0 Å². The molecule has 2 N–H and O–H groups in total. The van der Waals surface area contributed by atoms with Crippen LogP contribution in [0.3, 0.4) is 0 Å². The zero-order chi connectivity index (χ0) is 14.4. The van der Waals surface area contributed by atoms with Gasteiger partial charge in [-0.3, -0.25) is 9.69 Å². The summed E-state index contributed by atoms with van der Waals surface area (Å²) in [5, 5.41) is 12.4. The van der Waals surface area contributed by atoms with E-state index in [9.17, 15) is 9.90 Å². The number of hydrogen-bond acceptors (Lipinski definition) is 4. The third-order valence-electron chi connectivity index (χ3n) is 3.67. The molecule has 4 nitrogen and oxygen atoms in total. The number of aliphatic hydroxyl groups excluding tert-OH is 1. The third-order valence-corrected chi connectivity index (χ3v) is 4.62. The highest BCUT2D eigenvalue weighted by Gasteiger charge is 2.24. The minimum absolute atomic E-state index is 0.0141. The molecule has 0 aromatic heterocycles. The van der Waals surface area contributed by atoms with Crippen LogP contribution in [-0.4, -0.2) is 53.2 Å². The molecule has 1 saturated heterocycles. The smallest absolute Gasteiger partial charge is 0.237 e. The predicted molar refractivity (Wildman–Crippen MR) is 82.8 cm³/mol. The SMILES string of the molecule is C[C@@H](C(=O)N[C@@H](CO)c1ccccc1)N1CCSCC1. The maximum absolute atomic E-state index is 12.3. The number of hydrogen-bond donors (Lipinski definition) is 2. The van der Waals surface area contributed by atoms with E-state index in [1.807, 2.05) is 49.0 Å². The van der Waals surface area contributed by atoms with Crippen LogP contribution in [0.25, 0.3) is 0 Å². The Morgan fingerprint density at radius 3 is 2.60 bits per heavy atom. The highest BCUT2D eigenvalue weighted by atomic mass is 32.2. The number of rotatable bonds is 5. The Hall–Kier alpha value is -1.04. The van der Waals surface area contributed by atoms with E-state index in [0.29, 0.717) is 0 Å². The highest BCUT2D eigenvalue weighted by molar-refractivity contribution is 7.99. The molecule has 0 unspecified atom stereocenters. The van der Waals surface area contributed by atoms with Crippen LogP contribution >= 0.6 is 11.8 Å². The van der Waals surface area contributed by atoms with E-state index in [4.69, 9.17) is 0 Å². The second-order valence-electron chi connectivity index (χ2n) is 4.98. The summed E-state index contributed by atoms with van der Waals surface area (Å²) in [6, 6.07) is 9.12. The Balaban J connectivity index is 1.94. The molecular weight excluding hydrogens is 272 g/mol. The quantitative estimate of drug-likeness (QED) is 0.859. The second kappa shape index (κ2) is 7.67. The fraction of sp³-hybridized carbons (Fsp3) is 0.533. The van der Waals surface area contributed by atoms with E-state index in [2.05, 4.69) is 10.2 Å². The Morgan fingerprint density at radius 1 is 1.35 bits per heavy atom. The van der Waals surface area contributed by atoms with Gasteiger partial charge in [-0.25, -0.2) is 0 Å². The molecule has 0 saturated carbocycles. The molecule has 1 aliphatic heterocycles. The van der Waals surface area contributed by atoms with Crippen LogP contribution in [0.15, 0.2) is 30.3 Å². The van der Waals surface area contributed by atoms with Crippen molar-refractivity contribution in [3.63, 3.8) is 0 Å². The van der Waals surface area contributed by atoms with Crippen molar-refractivity contribution in [3.8, 4) is 0 Å². The summed E-state index contributed by atoms with van der Waals surface area (Å²) in [7, 11) is 0. The standard InChI is InChI=1S/C15H22N2O2S/c1-12(17-7-9-20-10-8-17)15(19)16-14(11-18)13-5-3-2-4-6-13/h2-6,12,14,18H,7-11H2,1H3,(H,16,19)/t12-,14-/m0/s1. The normalized spacial score (nSPS) is 19.3. The molecule has 0 spiro atoms. The van der Waals surface area contributed by atoms with Crippen LogP contribution in [0.1, 0.15) is 18.5 Å². The van der Waals surface area contributed by atoms with E-state index in [1.165, 1.54) is 0 Å². The van der Waals surface area contributed by atoms with E-state index in [-0.39, 0.29) is 24.6 Å². The van der Waals surface area contributed by atoms with Gasteiger partial charge in [0, 0.05) is 24.6 Å². The maximum atomic E-state index is 12.3. The van der Waals surface area contributed by atoms with Crippen molar-refractivity contribution >= 4 is 17.7 Å². The van der Waals surface area contributed by atoms with Crippen molar-refractivity contribution in [2.75, 3.05) is 31.2 Å². The number of nitrogens with zero attached hydrogens (tertiary/aromatic N) is 1. The van der Waals surface area contributed by atoms with Gasteiger partial charge in [0.1, 0.15) is 0 Å². The van der Waals surface area contributed by atoms with Crippen molar-refractivity contribution in [3.05, 3.63) is 35.9 Å². The molecule has 0 aliphatic carbocycles. The lowest BCUT2D eigenvalue weighted by Gasteiger charge is -2.32. The van der Waals surface area contributed by atoms with Gasteiger partial charge in [0.25, 0.3) is 0 Å². The van der Waals surface area contributed by atoms with Gasteiger partial charge in [-0.15, -0.1) is 0 Å². The zero-order valence-electron chi connectivity index (χ0n) is 11.8. The van der Waals surface area contributed by atoms with Crippen molar-refractivity contribution < 1.29 is 9.90 Å². The van der Waals surface area contributed by atoms with Gasteiger partial charge in [0.15, 0.2) is 0 Å². The molecule has 1 aromatic rings. The van der Waals surface area contributed by atoms with Gasteiger partial charge in [-0.2, -0.15) is 11.8 Å². The summed E-state index contributed by atoms with van der Waals surface area (Å²) in [6.45, 7) is 3.76. The number of carbonyl (C=O) groups is 1. The monoisotopic (exact) mass is 294 g/mol. The first-order valence-corrected chi connectivity index (χ1v) is 8.16. The van der Waals surface area contributed by atoms with E-state index >= 15 is 0 Å². The van der Waals surface area contributed by atoms with Gasteiger partial charge >= 0.3 is 0 Å². The van der Waals surface area contributed by atoms with Crippen molar-refractivity contribution in [2.45, 2.75) is 19.0 Å². The summed E-state index contributed by atoms with van der Waals surface area (Å²) < 4.78 is 0. The van der Waals surface area contributed by atoms with Gasteiger partial charge in [0.2, 0.25) is 5.91 Å². The van der Waals surface area contributed by atoms with Gasteiger partial charge in [-0.1, -0.05) is 30.3 Å². The first-order valence-electron chi connectivity index (χ1n) is 7.00. The van der Waals surface area contributed by atoms with Crippen LogP contribution < -0.4 is 5.32 Å². The molecule has 1 fully saturated rings. The number of carbonyl (C=O) groups excluding carboxylic acids is 1. The summed E-state index contributed by atoms with van der Waals surface area (Å²) in [5.74, 6) is 2.15. The molecule has 1 aliphatic rings. The second-order valence-corrected chi connectivity index (χ2v) is 6.20. The van der Waals surface area contributed by atoms with Gasteiger partial charge in [0.05, 0.1) is 18.7 Å². The Bertz CT molecular complexity index is 421. The van der Waals surface area contributed by atoms with Gasteiger partial charge < -0.3 is 10.4 Å². The van der Waals surface area contributed by atoms with E-state index < -0.39 is 0 Å². The topological polar surface area (TPSA) is 52.6 Å². The minimum Gasteiger partial charge on any atom is -0.394 e. The molecule has 0 bridgehead atoms. The van der Waals surface area contributed by atoms with Crippen LogP contribution in [-0.2, 0) is 4.79 Å². The first-order chi connectivity index (χ1) is 9.72. The summed E-state index contributed by atoms with van der Waals surface area (Å²) in [6.07, 6.45) is 0. The van der Waals surface area contributed by atoms with Crippen LogP contribution in [0.2, 0.25) is 0 Å².